The molecule has 1 heterocycles. The highest BCUT2D eigenvalue weighted by molar-refractivity contribution is 8.00. The molecule has 132 valence electrons. The summed E-state index contributed by atoms with van der Waals surface area (Å²) in [5, 5.41) is 10.5. The summed E-state index contributed by atoms with van der Waals surface area (Å²) < 4.78 is 0. The molecule has 25 heavy (non-hydrogen) atoms. The van der Waals surface area contributed by atoms with Crippen LogP contribution in [-0.4, -0.2) is 34.8 Å². The van der Waals surface area contributed by atoms with Gasteiger partial charge in [-0.2, -0.15) is 0 Å². The fraction of sp³-hybridized carbons (Fsp3) is 0.381. The molecule has 1 fully saturated rings. The molecule has 1 aliphatic rings. The monoisotopic (exact) mass is 355 g/mol. The van der Waals surface area contributed by atoms with Crippen molar-refractivity contribution in [2.45, 2.75) is 30.8 Å². The highest BCUT2D eigenvalue weighted by atomic mass is 32.2. The number of amides is 1. The number of aliphatic hydroxyl groups excluding tert-OH is 1. The molecule has 1 saturated heterocycles. The van der Waals surface area contributed by atoms with Crippen LogP contribution in [-0.2, 0) is 4.79 Å². The van der Waals surface area contributed by atoms with Crippen molar-refractivity contribution in [2.75, 3.05) is 18.8 Å². The minimum absolute atomic E-state index is 0.193. The van der Waals surface area contributed by atoms with E-state index in [4.69, 9.17) is 0 Å². The molecule has 1 aliphatic heterocycles. The van der Waals surface area contributed by atoms with Crippen LogP contribution in [0.5, 0.6) is 0 Å². The van der Waals surface area contributed by atoms with Crippen LogP contribution in [0.4, 0.5) is 0 Å². The summed E-state index contributed by atoms with van der Waals surface area (Å²) in [5.41, 5.74) is 2.21. The Balaban J connectivity index is 1.46. The lowest BCUT2D eigenvalue weighted by Gasteiger charge is -2.34. The van der Waals surface area contributed by atoms with Crippen LogP contribution in [0.15, 0.2) is 59.5 Å². The van der Waals surface area contributed by atoms with Crippen LogP contribution in [0, 0.1) is 12.8 Å². The molecule has 0 spiro atoms. The topological polar surface area (TPSA) is 40.5 Å². The number of carbonyl (C=O) groups excluding carboxylic acids is 1. The third kappa shape index (κ3) is 4.86. The summed E-state index contributed by atoms with van der Waals surface area (Å²) >= 11 is 1.59. The van der Waals surface area contributed by atoms with E-state index in [1.807, 2.05) is 35.2 Å². The molecular weight excluding hydrogens is 330 g/mol. The number of hydrogen-bond acceptors (Lipinski definition) is 3. The van der Waals surface area contributed by atoms with E-state index in [0.29, 0.717) is 5.75 Å². The maximum absolute atomic E-state index is 12.4. The van der Waals surface area contributed by atoms with Gasteiger partial charge in [-0.15, -0.1) is 11.8 Å². The molecule has 2 aromatic rings. The summed E-state index contributed by atoms with van der Waals surface area (Å²) in [4.78, 5) is 15.5. The third-order valence-electron chi connectivity index (χ3n) is 4.86. The number of nitrogens with zero attached hydrogens (tertiary/aromatic N) is 1. The van der Waals surface area contributed by atoms with E-state index >= 15 is 0 Å². The van der Waals surface area contributed by atoms with Crippen LogP contribution >= 0.6 is 11.8 Å². The number of aliphatic hydroxyl groups is 1. The van der Waals surface area contributed by atoms with Crippen LogP contribution in [0.25, 0.3) is 0 Å². The van der Waals surface area contributed by atoms with Crippen molar-refractivity contribution in [1.82, 2.24) is 4.90 Å². The fourth-order valence-electron chi connectivity index (χ4n) is 3.26. The first kappa shape index (κ1) is 18.0. The van der Waals surface area contributed by atoms with Crippen LogP contribution in [0.3, 0.4) is 0 Å². The molecule has 0 bridgehead atoms. The van der Waals surface area contributed by atoms with Gasteiger partial charge in [-0.3, -0.25) is 4.79 Å². The standard InChI is InChI=1S/C21H25NO2S/c1-16-7-9-19(10-8-16)25-15-20(23)22-13-11-18(12-14-22)21(24)17-5-3-2-4-6-17/h2-10,18,21,24H,11-15H2,1H3. The van der Waals surface area contributed by atoms with Crippen molar-refractivity contribution >= 4 is 17.7 Å². The van der Waals surface area contributed by atoms with Crippen molar-refractivity contribution < 1.29 is 9.90 Å². The second kappa shape index (κ2) is 8.54. The molecule has 0 radical (unpaired) electrons. The lowest BCUT2D eigenvalue weighted by Crippen LogP contribution is -2.40. The number of hydrogen-bond donors (Lipinski definition) is 1. The van der Waals surface area contributed by atoms with Crippen molar-refractivity contribution in [3.05, 3.63) is 65.7 Å². The summed E-state index contributed by atoms with van der Waals surface area (Å²) in [6, 6.07) is 18.1. The smallest absolute Gasteiger partial charge is 0.232 e. The highest BCUT2D eigenvalue weighted by Gasteiger charge is 2.28. The molecule has 0 aromatic heterocycles. The molecule has 1 unspecified atom stereocenters. The quantitative estimate of drug-likeness (QED) is 0.822. The number of carbonyl (C=O) groups is 1. The summed E-state index contributed by atoms with van der Waals surface area (Å²) in [7, 11) is 0. The predicted molar refractivity (Wildman–Crippen MR) is 103 cm³/mol. The first-order valence-corrected chi connectivity index (χ1v) is 9.82. The predicted octanol–water partition coefficient (Wildman–Crippen LogP) is 4.06. The Hall–Kier alpha value is -1.78. The SMILES string of the molecule is Cc1ccc(SCC(=O)N2CCC(C(O)c3ccccc3)CC2)cc1. The van der Waals surface area contributed by atoms with Crippen LogP contribution in [0.2, 0.25) is 0 Å². The number of piperidine rings is 1. The zero-order valence-corrected chi connectivity index (χ0v) is 15.4. The number of likely N-dealkylation sites (tertiary alicyclic amines) is 1. The average molecular weight is 356 g/mol. The van der Waals surface area contributed by atoms with Crippen molar-refractivity contribution in [3.63, 3.8) is 0 Å². The second-order valence-electron chi connectivity index (χ2n) is 6.68. The van der Waals surface area contributed by atoms with Gasteiger partial charge in [-0.05, 0) is 43.4 Å². The molecule has 0 saturated carbocycles. The van der Waals surface area contributed by atoms with Crippen molar-refractivity contribution in [1.29, 1.82) is 0 Å². The van der Waals surface area contributed by atoms with E-state index in [1.54, 1.807) is 11.8 Å². The second-order valence-corrected chi connectivity index (χ2v) is 7.72. The van der Waals surface area contributed by atoms with Gasteiger partial charge in [0.2, 0.25) is 5.91 Å². The Labute approximate surface area is 154 Å². The largest absolute Gasteiger partial charge is 0.388 e. The first-order chi connectivity index (χ1) is 12.1. The Bertz CT molecular complexity index is 679. The molecule has 1 N–H and O–H groups in total. The lowest BCUT2D eigenvalue weighted by atomic mass is 9.87. The highest BCUT2D eigenvalue weighted by Crippen LogP contribution is 2.31. The van der Waals surface area contributed by atoms with Crippen LogP contribution < -0.4 is 0 Å². The van der Waals surface area contributed by atoms with Gasteiger partial charge >= 0.3 is 0 Å². The Morgan fingerprint density at radius 2 is 1.76 bits per heavy atom. The number of rotatable bonds is 5. The third-order valence-corrected chi connectivity index (χ3v) is 5.86. The van der Waals surface area contributed by atoms with Gasteiger partial charge in [0.25, 0.3) is 0 Å². The first-order valence-electron chi connectivity index (χ1n) is 8.84. The van der Waals surface area contributed by atoms with Gasteiger partial charge < -0.3 is 10.0 Å². The molecule has 0 aliphatic carbocycles. The lowest BCUT2D eigenvalue weighted by molar-refractivity contribution is -0.130. The average Bonchev–Trinajstić information content (AvgIpc) is 2.67. The Morgan fingerprint density at radius 1 is 1.12 bits per heavy atom. The Kier molecular flexibility index (Phi) is 6.16. The molecular formula is C21H25NO2S. The summed E-state index contributed by atoms with van der Waals surface area (Å²) in [5.74, 6) is 0.907. The minimum atomic E-state index is -0.430. The van der Waals surface area contributed by atoms with E-state index in [0.717, 1.165) is 36.4 Å². The fourth-order valence-corrected chi connectivity index (χ4v) is 4.06. The van der Waals surface area contributed by atoms with E-state index < -0.39 is 6.10 Å². The molecule has 1 atom stereocenters. The maximum atomic E-state index is 12.4. The van der Waals surface area contributed by atoms with Gasteiger partial charge in [0.15, 0.2) is 0 Å². The molecule has 3 rings (SSSR count). The van der Waals surface area contributed by atoms with Crippen LogP contribution in [0.1, 0.15) is 30.1 Å². The Morgan fingerprint density at radius 3 is 2.40 bits per heavy atom. The van der Waals surface area contributed by atoms with Crippen molar-refractivity contribution in [2.24, 2.45) is 5.92 Å². The van der Waals surface area contributed by atoms with Gasteiger partial charge in [-0.1, -0.05) is 48.0 Å². The molecule has 2 aromatic carbocycles. The molecule has 4 heteroatoms. The number of aryl methyl sites for hydroxylation is 1. The van der Waals surface area contributed by atoms with Gasteiger partial charge in [0, 0.05) is 18.0 Å². The van der Waals surface area contributed by atoms with E-state index in [1.165, 1.54) is 5.56 Å². The number of thioether (sulfide) groups is 1. The van der Waals surface area contributed by atoms with E-state index in [-0.39, 0.29) is 11.8 Å². The normalized spacial score (nSPS) is 16.6. The van der Waals surface area contributed by atoms with Gasteiger partial charge in [-0.25, -0.2) is 0 Å². The van der Waals surface area contributed by atoms with Gasteiger partial charge in [0.05, 0.1) is 11.9 Å². The van der Waals surface area contributed by atoms with Crippen molar-refractivity contribution in [3.8, 4) is 0 Å². The zero-order chi connectivity index (χ0) is 17.6. The van der Waals surface area contributed by atoms with Gasteiger partial charge in [0.1, 0.15) is 0 Å². The van der Waals surface area contributed by atoms with E-state index in [2.05, 4.69) is 31.2 Å². The molecule has 3 nitrogen and oxygen atoms in total. The minimum Gasteiger partial charge on any atom is -0.388 e. The zero-order valence-electron chi connectivity index (χ0n) is 14.6. The maximum Gasteiger partial charge on any atom is 0.232 e. The number of benzene rings is 2. The summed E-state index contributed by atoms with van der Waals surface area (Å²) in [6.07, 6.45) is 1.29. The molecule has 1 amide bonds. The van der Waals surface area contributed by atoms with E-state index in [9.17, 15) is 9.90 Å². The summed E-state index contributed by atoms with van der Waals surface area (Å²) in [6.45, 7) is 3.54.